The van der Waals surface area contributed by atoms with Crippen LogP contribution in [0.1, 0.15) is 66.9 Å². The van der Waals surface area contributed by atoms with Gasteiger partial charge in [-0.3, -0.25) is 14.9 Å². The molecule has 3 amide bonds. The number of fused-ring (bicyclic) bond motifs is 5. The molecule has 0 spiro atoms. The number of carbonyl (C=O) groups is 4. The standard InChI is InChI=1S/C37H52ClN3O10/c1-20-13-12-14-27(48-11)37(46)19-26(49-34(45)39-37)21(2)31-36(7,51-31)28(50-32(43)22(3)40(8)33(44)35(4,5)6)18-29(42)41(9)24-16-23(15-20)17-25(47-10)30(24)38/h12-14,16-17,21-22,26-28,31,46H,15,18-19H2,1-11H3,(H,39,45)/b14-12+,20-13+/t21-,22+,26+,27-,28+,31+,36-,37+/m0/s1. The van der Waals surface area contributed by atoms with E-state index in [4.69, 9.17) is 35.3 Å². The summed E-state index contributed by atoms with van der Waals surface area (Å²) in [6, 6.07) is 2.61. The first-order valence-corrected chi connectivity index (χ1v) is 17.4. The fourth-order valence-corrected chi connectivity index (χ4v) is 7.02. The number of epoxide rings is 1. The first-order chi connectivity index (χ1) is 23.7. The van der Waals surface area contributed by atoms with E-state index in [1.165, 1.54) is 31.1 Å². The highest BCUT2D eigenvalue weighted by atomic mass is 35.5. The van der Waals surface area contributed by atoms with E-state index in [9.17, 15) is 24.3 Å². The predicted molar refractivity (Wildman–Crippen MR) is 190 cm³/mol. The number of esters is 1. The third-order valence-corrected chi connectivity index (χ3v) is 10.5. The number of hydrogen-bond acceptors (Lipinski definition) is 10. The number of carbonyl (C=O) groups excluding carboxylic acids is 4. The number of methoxy groups -OCH3 is 2. The van der Waals surface area contributed by atoms with Gasteiger partial charge in [0.15, 0.2) is 5.72 Å². The average molecular weight is 734 g/mol. The summed E-state index contributed by atoms with van der Waals surface area (Å²) in [5.41, 5.74) is -1.64. The number of benzene rings is 1. The van der Waals surface area contributed by atoms with Crippen molar-refractivity contribution in [2.75, 3.05) is 33.2 Å². The van der Waals surface area contributed by atoms with Gasteiger partial charge in [0.25, 0.3) is 0 Å². The zero-order chi connectivity index (χ0) is 38.2. The number of alkyl carbamates (subject to hydrolysis) is 1. The van der Waals surface area contributed by atoms with Gasteiger partial charge in [-0.2, -0.15) is 0 Å². The van der Waals surface area contributed by atoms with Crippen molar-refractivity contribution in [2.24, 2.45) is 11.3 Å². The summed E-state index contributed by atoms with van der Waals surface area (Å²) in [6.07, 6.45) is 0.973. The maximum atomic E-state index is 14.1. The van der Waals surface area contributed by atoms with Gasteiger partial charge >= 0.3 is 12.1 Å². The molecule has 8 atom stereocenters. The van der Waals surface area contributed by atoms with E-state index < -0.39 is 71.1 Å². The number of likely N-dealkylation sites (N-methyl/N-ethyl adjacent to an activating group) is 1. The SMILES string of the molecule is COc1cc2cc(c1Cl)N(C)C(=O)C[C@@H](OC(=O)[C@@H](C)N(C)C(=O)C(C)(C)C)[C@]1(C)O[C@@H]1[C@@H](C)[C@H]1C[C@](O)(NC(=O)O1)[C@@H](OC)/C=C/C=C(\C)C2. The molecule has 4 bridgehead atoms. The smallest absolute Gasteiger partial charge is 0.409 e. The van der Waals surface area contributed by atoms with Crippen molar-refractivity contribution in [2.45, 2.75) is 110 Å². The second-order valence-corrected chi connectivity index (χ2v) is 15.4. The molecule has 4 rings (SSSR count). The van der Waals surface area contributed by atoms with Crippen molar-refractivity contribution in [3.05, 3.63) is 46.5 Å². The lowest BCUT2D eigenvalue weighted by molar-refractivity contribution is -0.163. The normalized spacial score (nSPS) is 32.3. The molecule has 1 aromatic rings. The molecule has 0 saturated carbocycles. The number of anilines is 1. The Morgan fingerprint density at radius 1 is 1.22 bits per heavy atom. The van der Waals surface area contributed by atoms with Crippen LogP contribution in [-0.2, 0) is 39.8 Å². The topological polar surface area (TPSA) is 156 Å². The molecule has 13 nitrogen and oxygen atoms in total. The molecule has 282 valence electrons. The zero-order valence-corrected chi connectivity index (χ0v) is 32.1. The summed E-state index contributed by atoms with van der Waals surface area (Å²) in [5, 5.41) is 14.4. The summed E-state index contributed by atoms with van der Waals surface area (Å²) < 4.78 is 29.2. The molecule has 0 unspecified atom stereocenters. The molecule has 0 radical (unpaired) electrons. The number of nitrogens with one attached hydrogen (secondary N) is 1. The highest BCUT2D eigenvalue weighted by molar-refractivity contribution is 6.35. The average Bonchev–Trinajstić information content (AvgIpc) is 3.75. The molecule has 14 heteroatoms. The maximum absolute atomic E-state index is 14.1. The number of allylic oxidation sites excluding steroid dienone is 3. The minimum Gasteiger partial charge on any atom is -0.495 e. The zero-order valence-electron chi connectivity index (χ0n) is 31.4. The van der Waals surface area contributed by atoms with Crippen molar-refractivity contribution in [1.82, 2.24) is 10.2 Å². The number of nitrogens with zero attached hydrogens (tertiary/aromatic N) is 2. The van der Waals surface area contributed by atoms with Crippen molar-refractivity contribution in [3.63, 3.8) is 0 Å². The number of halogens is 1. The first kappa shape index (κ1) is 40.1. The van der Waals surface area contributed by atoms with Crippen LogP contribution in [0.3, 0.4) is 0 Å². The van der Waals surface area contributed by atoms with E-state index in [0.29, 0.717) is 17.9 Å². The van der Waals surface area contributed by atoms with Crippen molar-refractivity contribution < 1.29 is 48.0 Å². The monoisotopic (exact) mass is 733 g/mol. The van der Waals surface area contributed by atoms with Crippen molar-refractivity contribution in [1.29, 1.82) is 0 Å². The lowest BCUT2D eigenvalue weighted by atomic mass is 9.83. The van der Waals surface area contributed by atoms with E-state index in [1.54, 1.807) is 72.9 Å². The van der Waals surface area contributed by atoms with Crippen LogP contribution in [0.2, 0.25) is 5.02 Å². The van der Waals surface area contributed by atoms with Gasteiger partial charge in [0.2, 0.25) is 11.8 Å². The molecule has 2 N–H and O–H groups in total. The van der Waals surface area contributed by atoms with E-state index >= 15 is 0 Å². The molecule has 2 saturated heterocycles. The van der Waals surface area contributed by atoms with Gasteiger partial charge in [-0.15, -0.1) is 0 Å². The molecule has 0 aromatic heterocycles. The van der Waals surface area contributed by atoms with Crippen LogP contribution >= 0.6 is 11.6 Å². The molecule has 0 aliphatic carbocycles. The fourth-order valence-electron chi connectivity index (χ4n) is 6.71. The Bertz CT molecular complexity index is 1590. The van der Waals surface area contributed by atoms with Crippen LogP contribution in [0, 0.1) is 11.3 Å². The molecular formula is C37H52ClN3O10. The molecule has 3 aliphatic rings. The minimum atomic E-state index is -1.82. The Kier molecular flexibility index (Phi) is 11.9. The summed E-state index contributed by atoms with van der Waals surface area (Å²) in [6.45, 7) is 12.3. The van der Waals surface area contributed by atoms with E-state index in [0.717, 1.165) is 11.1 Å². The van der Waals surface area contributed by atoms with Crippen LogP contribution in [0.25, 0.3) is 0 Å². The van der Waals surface area contributed by atoms with Gasteiger partial charge in [0.05, 0.1) is 25.3 Å². The molecule has 2 fully saturated rings. The van der Waals surface area contributed by atoms with E-state index in [-0.39, 0.29) is 23.8 Å². The summed E-state index contributed by atoms with van der Waals surface area (Å²) >= 11 is 6.75. The van der Waals surface area contributed by atoms with Gasteiger partial charge in [-0.25, -0.2) is 9.59 Å². The van der Waals surface area contributed by atoms with Gasteiger partial charge < -0.3 is 38.6 Å². The highest BCUT2D eigenvalue weighted by Crippen LogP contribution is 2.49. The van der Waals surface area contributed by atoms with Gasteiger partial charge in [0.1, 0.15) is 40.7 Å². The van der Waals surface area contributed by atoms with Crippen molar-refractivity contribution >= 4 is 41.2 Å². The third kappa shape index (κ3) is 8.54. The van der Waals surface area contributed by atoms with Gasteiger partial charge in [-0.05, 0) is 44.9 Å². The van der Waals surface area contributed by atoms with E-state index in [1.807, 2.05) is 13.0 Å². The van der Waals surface area contributed by atoms with Crippen LogP contribution in [0.4, 0.5) is 10.5 Å². The summed E-state index contributed by atoms with van der Waals surface area (Å²) in [5.74, 6) is -1.56. The minimum absolute atomic E-state index is 0.0472. The van der Waals surface area contributed by atoms with Crippen LogP contribution < -0.4 is 15.0 Å². The number of rotatable bonds is 5. The molecule has 3 heterocycles. The quantitative estimate of drug-likeness (QED) is 0.325. The Balaban J connectivity index is 1.78. The van der Waals surface area contributed by atoms with Gasteiger partial charge in [-0.1, -0.05) is 63.1 Å². The third-order valence-electron chi connectivity index (χ3n) is 10.1. The highest BCUT2D eigenvalue weighted by Gasteiger charge is 2.64. The Labute approximate surface area is 305 Å². The second-order valence-electron chi connectivity index (χ2n) is 15.1. The second kappa shape index (κ2) is 15.1. The van der Waals surface area contributed by atoms with Crippen LogP contribution in [0.15, 0.2) is 35.9 Å². The Hall–Kier alpha value is -3.65. The lowest BCUT2D eigenvalue weighted by Crippen LogP contribution is -2.63. The van der Waals surface area contributed by atoms with Crippen LogP contribution in [-0.4, -0.2) is 104 Å². The molecular weight excluding hydrogens is 682 g/mol. The summed E-state index contributed by atoms with van der Waals surface area (Å²) in [7, 11) is 6.03. The fraction of sp³-hybridized carbons (Fsp3) is 0.622. The van der Waals surface area contributed by atoms with Crippen molar-refractivity contribution in [3.8, 4) is 5.75 Å². The predicted octanol–water partition coefficient (Wildman–Crippen LogP) is 4.56. The molecule has 3 aliphatic heterocycles. The molecule has 1 aromatic carbocycles. The Morgan fingerprint density at radius 2 is 1.88 bits per heavy atom. The first-order valence-electron chi connectivity index (χ1n) is 17.0. The number of ether oxygens (including phenoxy) is 5. The van der Waals surface area contributed by atoms with Gasteiger partial charge in [0, 0.05) is 39.0 Å². The van der Waals surface area contributed by atoms with E-state index in [2.05, 4.69) is 5.32 Å². The molecule has 51 heavy (non-hydrogen) atoms. The number of hydrogen-bond donors (Lipinski definition) is 2. The maximum Gasteiger partial charge on any atom is 0.409 e. The summed E-state index contributed by atoms with van der Waals surface area (Å²) in [4.78, 5) is 56.3. The number of amides is 3. The number of aliphatic hydroxyl groups is 1. The lowest BCUT2D eigenvalue weighted by Gasteiger charge is -2.42. The Morgan fingerprint density at radius 3 is 2.49 bits per heavy atom. The van der Waals surface area contributed by atoms with Crippen LogP contribution in [0.5, 0.6) is 5.75 Å². The largest absolute Gasteiger partial charge is 0.495 e.